The molecule has 3 heterocycles. The highest BCUT2D eigenvalue weighted by Gasteiger charge is 2.26. The molecule has 0 saturated carbocycles. The lowest BCUT2D eigenvalue weighted by Gasteiger charge is -2.27. The Bertz CT molecular complexity index is 1610. The molecule has 1 amide bonds. The van der Waals surface area contributed by atoms with Crippen molar-refractivity contribution in [1.29, 1.82) is 0 Å². The van der Waals surface area contributed by atoms with Crippen molar-refractivity contribution in [3.63, 3.8) is 0 Å². The Morgan fingerprint density at radius 3 is 2.48 bits per heavy atom. The summed E-state index contributed by atoms with van der Waals surface area (Å²) in [5, 5.41) is 1.58. The fourth-order valence-corrected chi connectivity index (χ4v) is 6.04. The molecule has 40 heavy (non-hydrogen) atoms. The Kier molecular flexibility index (Phi) is 7.45. The van der Waals surface area contributed by atoms with Gasteiger partial charge in [-0.2, -0.15) is 0 Å². The number of thiol groups is 1. The zero-order valence-electron chi connectivity index (χ0n) is 22.5. The number of aromatic nitrogens is 1. The Labute approximate surface area is 239 Å². The van der Waals surface area contributed by atoms with E-state index >= 15 is 0 Å². The number of rotatable bonds is 6. The molecule has 0 aliphatic carbocycles. The number of carbonyl (C=O) groups is 2. The predicted octanol–water partition coefficient (Wildman–Crippen LogP) is 5.74. The fraction of sp³-hybridized carbons (Fsp3) is 0.281. The van der Waals surface area contributed by atoms with E-state index in [0.29, 0.717) is 30.2 Å². The van der Waals surface area contributed by atoms with Crippen molar-refractivity contribution < 1.29 is 14.3 Å². The third-order valence-corrected chi connectivity index (χ3v) is 8.13. The number of carbonyl (C=O) groups excluding carboxylic acids is 2. The summed E-state index contributed by atoms with van der Waals surface area (Å²) in [5.41, 5.74) is 6.96. The van der Waals surface area contributed by atoms with Gasteiger partial charge in [-0.3, -0.25) is 9.69 Å². The minimum absolute atomic E-state index is 0.193. The Balaban J connectivity index is 1.33. The number of H-pyrrole nitrogens is 1. The lowest BCUT2D eigenvalue weighted by Crippen LogP contribution is -2.40. The summed E-state index contributed by atoms with van der Waals surface area (Å²) in [6.45, 7) is 3.77. The number of esters is 1. The van der Waals surface area contributed by atoms with Crippen molar-refractivity contribution in [2.24, 2.45) is 4.99 Å². The predicted molar refractivity (Wildman–Crippen MR) is 160 cm³/mol. The third-order valence-electron chi connectivity index (χ3n) is 7.80. The third kappa shape index (κ3) is 5.29. The molecule has 4 aromatic rings. The Hall–Kier alpha value is -3.88. The molecule has 8 heteroatoms. The van der Waals surface area contributed by atoms with Crippen LogP contribution in [0.5, 0.6) is 0 Å². The van der Waals surface area contributed by atoms with Crippen molar-refractivity contribution in [2.75, 3.05) is 26.7 Å². The molecule has 0 bridgehead atoms. The number of ether oxygens (including phenoxy) is 1. The van der Waals surface area contributed by atoms with E-state index in [9.17, 15) is 9.59 Å². The molecule has 0 unspecified atom stereocenters. The molecule has 2 aliphatic rings. The van der Waals surface area contributed by atoms with Gasteiger partial charge in [-0.25, -0.2) is 9.79 Å². The van der Waals surface area contributed by atoms with Crippen LogP contribution in [0.2, 0.25) is 0 Å². The van der Waals surface area contributed by atoms with Gasteiger partial charge in [0.1, 0.15) is 0 Å². The van der Waals surface area contributed by atoms with E-state index in [1.54, 1.807) is 12.1 Å². The standard InChI is InChI=1S/C32H32N4O3S/c1-39-32(38)22-11-13-26-27(17-22)34-31(40)29(26)30(21-8-4-2-5-9-21)33-25-12-10-23-18-36(19-24(23)16-25)28(37)20-35-14-6-3-7-15-35/h2,4-5,8-13,16-17,34,40H,3,6-7,14-15,18-20H2,1H3. The molecule has 1 fully saturated rings. The average Bonchev–Trinajstić information content (AvgIpc) is 3.56. The molecule has 0 atom stereocenters. The van der Waals surface area contributed by atoms with Crippen LogP contribution in [0.15, 0.2) is 76.7 Å². The molecule has 2 aliphatic heterocycles. The first kappa shape index (κ1) is 26.3. The summed E-state index contributed by atoms with van der Waals surface area (Å²) in [5.74, 6) is -0.199. The molecule has 7 nitrogen and oxygen atoms in total. The Morgan fingerprint density at radius 2 is 1.70 bits per heavy atom. The van der Waals surface area contributed by atoms with Crippen LogP contribution in [-0.4, -0.2) is 59.1 Å². The monoisotopic (exact) mass is 552 g/mol. The lowest BCUT2D eigenvalue weighted by atomic mass is 10.0. The molecular formula is C32H32N4O3S. The highest BCUT2D eigenvalue weighted by atomic mass is 32.1. The van der Waals surface area contributed by atoms with E-state index in [-0.39, 0.29) is 5.91 Å². The summed E-state index contributed by atoms with van der Waals surface area (Å²) < 4.78 is 4.89. The van der Waals surface area contributed by atoms with Crippen molar-refractivity contribution in [3.05, 3.63) is 94.5 Å². The van der Waals surface area contributed by atoms with Crippen LogP contribution in [0, 0.1) is 0 Å². The van der Waals surface area contributed by atoms with Crippen molar-refractivity contribution in [1.82, 2.24) is 14.8 Å². The zero-order valence-corrected chi connectivity index (χ0v) is 23.4. The number of piperidine rings is 1. The molecule has 0 radical (unpaired) electrons. The first-order chi connectivity index (χ1) is 19.5. The number of fused-ring (bicyclic) bond motifs is 2. The number of amides is 1. The van der Waals surface area contributed by atoms with Gasteiger partial charge in [0.25, 0.3) is 0 Å². The van der Waals surface area contributed by atoms with E-state index in [0.717, 1.165) is 52.1 Å². The highest BCUT2D eigenvalue weighted by Crippen LogP contribution is 2.32. The maximum absolute atomic E-state index is 13.0. The zero-order chi connectivity index (χ0) is 27.6. The van der Waals surface area contributed by atoms with Gasteiger partial charge in [-0.05, 0) is 61.3 Å². The van der Waals surface area contributed by atoms with Crippen LogP contribution in [-0.2, 0) is 22.6 Å². The minimum atomic E-state index is -0.391. The fourth-order valence-electron chi connectivity index (χ4n) is 5.69. The summed E-state index contributed by atoms with van der Waals surface area (Å²) in [6.07, 6.45) is 3.61. The molecule has 6 rings (SSSR count). The van der Waals surface area contributed by atoms with E-state index in [4.69, 9.17) is 22.4 Å². The Morgan fingerprint density at radius 1 is 0.925 bits per heavy atom. The van der Waals surface area contributed by atoms with Crippen LogP contribution in [0.25, 0.3) is 10.9 Å². The van der Waals surface area contributed by atoms with Crippen LogP contribution >= 0.6 is 12.6 Å². The maximum atomic E-state index is 13.0. The second-order valence-corrected chi connectivity index (χ2v) is 10.9. The van der Waals surface area contributed by atoms with E-state index in [1.807, 2.05) is 47.4 Å². The van der Waals surface area contributed by atoms with Crippen LogP contribution in [0.3, 0.4) is 0 Å². The number of nitrogens with one attached hydrogen (secondary N) is 1. The van der Waals surface area contributed by atoms with E-state index in [2.05, 4.69) is 22.0 Å². The molecule has 3 aromatic carbocycles. The summed E-state index contributed by atoms with van der Waals surface area (Å²) >= 11 is 4.77. The number of benzene rings is 3. The highest BCUT2D eigenvalue weighted by molar-refractivity contribution is 7.80. The smallest absolute Gasteiger partial charge is 0.337 e. The molecule has 1 N–H and O–H groups in total. The van der Waals surface area contributed by atoms with E-state index < -0.39 is 5.97 Å². The number of aliphatic imine (C=N–C) groups is 1. The van der Waals surface area contributed by atoms with Gasteiger partial charge < -0.3 is 14.6 Å². The van der Waals surface area contributed by atoms with Crippen molar-refractivity contribution >= 4 is 46.8 Å². The van der Waals surface area contributed by atoms with Crippen LogP contribution in [0.4, 0.5) is 5.69 Å². The van der Waals surface area contributed by atoms with Crippen molar-refractivity contribution in [3.8, 4) is 0 Å². The van der Waals surface area contributed by atoms with Gasteiger partial charge >= 0.3 is 5.97 Å². The quantitative estimate of drug-likeness (QED) is 0.182. The second-order valence-electron chi connectivity index (χ2n) is 10.5. The first-order valence-corrected chi connectivity index (χ1v) is 14.1. The van der Waals surface area contributed by atoms with Crippen molar-refractivity contribution in [2.45, 2.75) is 37.4 Å². The van der Waals surface area contributed by atoms with E-state index in [1.165, 1.54) is 31.9 Å². The number of methoxy groups -OCH3 is 1. The number of aromatic amines is 1. The van der Waals surface area contributed by atoms with Gasteiger partial charge in [0, 0.05) is 35.1 Å². The number of likely N-dealkylation sites (tertiary alicyclic amines) is 1. The SMILES string of the molecule is COC(=O)c1ccc2c(C(=Nc3ccc4c(c3)CN(C(=O)CN3CCCCC3)C4)c3ccccc3)c(S)[nH]c2c1. The van der Waals surface area contributed by atoms with Gasteiger partial charge in [-0.1, -0.05) is 48.9 Å². The normalized spacial score (nSPS) is 15.8. The largest absolute Gasteiger partial charge is 0.465 e. The second kappa shape index (κ2) is 11.3. The molecule has 1 aromatic heterocycles. The van der Waals surface area contributed by atoms with Gasteiger partial charge in [0.15, 0.2) is 0 Å². The maximum Gasteiger partial charge on any atom is 0.337 e. The lowest BCUT2D eigenvalue weighted by molar-refractivity contribution is -0.133. The molecule has 1 saturated heterocycles. The number of hydrogen-bond donors (Lipinski definition) is 2. The van der Waals surface area contributed by atoms with Gasteiger partial charge in [0.05, 0.1) is 35.6 Å². The first-order valence-electron chi connectivity index (χ1n) is 13.7. The summed E-state index contributed by atoms with van der Waals surface area (Å²) in [6, 6.07) is 21.6. The van der Waals surface area contributed by atoms with Crippen LogP contribution in [0.1, 0.15) is 51.9 Å². The molecular weight excluding hydrogens is 520 g/mol. The summed E-state index contributed by atoms with van der Waals surface area (Å²) in [7, 11) is 1.37. The van der Waals surface area contributed by atoms with Crippen LogP contribution < -0.4 is 0 Å². The molecule has 204 valence electrons. The minimum Gasteiger partial charge on any atom is -0.465 e. The number of hydrogen-bond acceptors (Lipinski definition) is 6. The van der Waals surface area contributed by atoms with Gasteiger partial charge in [-0.15, -0.1) is 12.6 Å². The molecule has 0 spiro atoms. The summed E-state index contributed by atoms with van der Waals surface area (Å²) in [4.78, 5) is 37.8. The average molecular weight is 553 g/mol. The number of nitrogens with zero attached hydrogens (tertiary/aromatic N) is 3. The topological polar surface area (TPSA) is 78.0 Å². The van der Waals surface area contributed by atoms with Gasteiger partial charge in [0.2, 0.25) is 5.91 Å².